The highest BCUT2D eigenvalue weighted by molar-refractivity contribution is 7.92. The van der Waals surface area contributed by atoms with Crippen molar-refractivity contribution in [3.8, 4) is 5.75 Å². The quantitative estimate of drug-likeness (QED) is 0.245. The largest absolute Gasteiger partial charge is 0.497 e. The zero-order chi connectivity index (χ0) is 31.1. The van der Waals surface area contributed by atoms with Crippen molar-refractivity contribution < 1.29 is 22.7 Å². The average Bonchev–Trinajstić information content (AvgIpc) is 3.00. The molecule has 0 saturated heterocycles. The fourth-order valence-electron chi connectivity index (χ4n) is 5.02. The molecule has 43 heavy (non-hydrogen) atoms. The standard InChI is InChI=1S/C31H34Cl3N3O5S/c1-21(31(39)35-23-7-4-3-5-8-23)36(19-27-28(33)9-6-10-29(27)34)30(38)20-37(24-13-11-22(32)12-14-24)43(40,41)26-17-15-25(42-2)16-18-26/h6,9-18,21,23H,3-5,7-8,19-20H2,1-2H3,(H,35,39). The number of rotatable bonds is 11. The molecule has 0 aromatic heterocycles. The van der Waals surface area contributed by atoms with Gasteiger partial charge in [-0.2, -0.15) is 0 Å². The van der Waals surface area contributed by atoms with Gasteiger partial charge in [0, 0.05) is 33.2 Å². The molecule has 230 valence electrons. The van der Waals surface area contributed by atoms with Crippen molar-refractivity contribution >= 4 is 62.3 Å². The molecular formula is C31H34Cl3N3O5S. The van der Waals surface area contributed by atoms with Crippen LogP contribution in [-0.2, 0) is 26.2 Å². The molecule has 1 fully saturated rings. The number of carbonyl (C=O) groups excluding carboxylic acids is 2. The zero-order valence-corrected chi connectivity index (χ0v) is 27.0. The van der Waals surface area contributed by atoms with Gasteiger partial charge < -0.3 is 15.0 Å². The average molecular weight is 667 g/mol. The van der Waals surface area contributed by atoms with E-state index in [1.54, 1.807) is 37.3 Å². The van der Waals surface area contributed by atoms with Gasteiger partial charge in [-0.25, -0.2) is 8.42 Å². The van der Waals surface area contributed by atoms with E-state index in [2.05, 4.69) is 5.32 Å². The maximum atomic E-state index is 14.1. The summed E-state index contributed by atoms with van der Waals surface area (Å²) in [6, 6.07) is 16.0. The van der Waals surface area contributed by atoms with E-state index in [9.17, 15) is 18.0 Å². The first-order valence-electron chi connectivity index (χ1n) is 14.0. The lowest BCUT2D eigenvalue weighted by atomic mass is 9.95. The van der Waals surface area contributed by atoms with Crippen LogP contribution in [0.2, 0.25) is 15.1 Å². The summed E-state index contributed by atoms with van der Waals surface area (Å²) < 4.78 is 34.1. The fraction of sp³-hybridized carbons (Fsp3) is 0.355. The molecule has 1 saturated carbocycles. The second kappa shape index (κ2) is 14.7. The highest BCUT2D eigenvalue weighted by atomic mass is 35.5. The second-order valence-corrected chi connectivity index (χ2v) is 13.5. The fourth-order valence-corrected chi connectivity index (χ4v) is 7.07. The number of benzene rings is 3. The molecule has 1 aliphatic carbocycles. The van der Waals surface area contributed by atoms with E-state index in [0.29, 0.717) is 26.4 Å². The van der Waals surface area contributed by atoms with Crippen LogP contribution in [0.5, 0.6) is 5.75 Å². The molecule has 1 N–H and O–H groups in total. The van der Waals surface area contributed by atoms with E-state index in [1.807, 2.05) is 0 Å². The van der Waals surface area contributed by atoms with Gasteiger partial charge in [-0.15, -0.1) is 0 Å². The highest BCUT2D eigenvalue weighted by Crippen LogP contribution is 2.29. The Kier molecular flexibility index (Phi) is 11.2. The Balaban J connectivity index is 1.70. The Hall–Kier alpha value is -2.98. The predicted octanol–water partition coefficient (Wildman–Crippen LogP) is 6.72. The van der Waals surface area contributed by atoms with Gasteiger partial charge in [-0.05, 0) is 80.4 Å². The monoisotopic (exact) mass is 665 g/mol. The van der Waals surface area contributed by atoms with Crippen LogP contribution in [0.3, 0.4) is 0 Å². The van der Waals surface area contributed by atoms with Gasteiger partial charge in [0.25, 0.3) is 10.0 Å². The number of hydrogen-bond donors (Lipinski definition) is 1. The molecule has 1 aliphatic rings. The van der Waals surface area contributed by atoms with Gasteiger partial charge >= 0.3 is 0 Å². The molecule has 12 heteroatoms. The molecule has 3 aromatic rings. The summed E-state index contributed by atoms with van der Waals surface area (Å²) in [5.74, 6) is -0.470. The number of ether oxygens (including phenoxy) is 1. The SMILES string of the molecule is COc1ccc(S(=O)(=O)N(CC(=O)N(Cc2c(Cl)cccc2Cl)C(C)C(=O)NC2CCCCC2)c2ccc(Cl)cc2)cc1. The molecule has 0 spiro atoms. The molecule has 0 heterocycles. The number of nitrogens with zero attached hydrogens (tertiary/aromatic N) is 2. The maximum absolute atomic E-state index is 14.1. The summed E-state index contributed by atoms with van der Waals surface area (Å²) in [5, 5.41) is 4.12. The lowest BCUT2D eigenvalue weighted by molar-refractivity contribution is -0.139. The molecule has 4 rings (SSSR count). The number of amides is 2. The number of halogens is 3. The Morgan fingerprint density at radius 2 is 1.53 bits per heavy atom. The van der Waals surface area contributed by atoms with E-state index in [4.69, 9.17) is 39.5 Å². The molecule has 0 bridgehead atoms. The molecule has 2 amide bonds. The van der Waals surface area contributed by atoms with Crippen molar-refractivity contribution in [2.75, 3.05) is 18.0 Å². The third kappa shape index (κ3) is 8.15. The third-order valence-corrected chi connectivity index (χ3v) is 10.3. The summed E-state index contributed by atoms with van der Waals surface area (Å²) in [7, 11) is -2.76. The highest BCUT2D eigenvalue weighted by Gasteiger charge is 2.34. The lowest BCUT2D eigenvalue weighted by Gasteiger charge is -2.33. The van der Waals surface area contributed by atoms with Gasteiger partial charge in [0.1, 0.15) is 18.3 Å². The van der Waals surface area contributed by atoms with Gasteiger partial charge in [-0.3, -0.25) is 13.9 Å². The normalized spacial score (nSPS) is 14.5. The van der Waals surface area contributed by atoms with Gasteiger partial charge in [-0.1, -0.05) is 60.1 Å². The van der Waals surface area contributed by atoms with E-state index >= 15 is 0 Å². The Morgan fingerprint density at radius 1 is 0.930 bits per heavy atom. The van der Waals surface area contributed by atoms with Gasteiger partial charge in [0.15, 0.2) is 0 Å². The molecule has 0 aliphatic heterocycles. The van der Waals surface area contributed by atoms with Crippen LogP contribution in [0.15, 0.2) is 71.6 Å². The van der Waals surface area contributed by atoms with Crippen LogP contribution in [0.1, 0.15) is 44.6 Å². The van der Waals surface area contributed by atoms with Crippen LogP contribution >= 0.6 is 34.8 Å². The van der Waals surface area contributed by atoms with Crippen molar-refractivity contribution in [1.82, 2.24) is 10.2 Å². The number of sulfonamides is 1. The number of hydrogen-bond acceptors (Lipinski definition) is 5. The van der Waals surface area contributed by atoms with Gasteiger partial charge in [0.2, 0.25) is 11.8 Å². The Labute approximate surface area is 267 Å². The Morgan fingerprint density at radius 3 is 2.12 bits per heavy atom. The number of nitrogens with one attached hydrogen (secondary N) is 1. The van der Waals surface area contributed by atoms with Gasteiger partial charge in [0.05, 0.1) is 17.7 Å². The summed E-state index contributed by atoms with van der Waals surface area (Å²) in [4.78, 5) is 28.9. The van der Waals surface area contributed by atoms with E-state index in [1.165, 1.54) is 48.4 Å². The molecule has 0 radical (unpaired) electrons. The first-order chi connectivity index (χ1) is 20.5. The van der Waals surface area contributed by atoms with Crippen molar-refractivity contribution in [1.29, 1.82) is 0 Å². The number of anilines is 1. The zero-order valence-electron chi connectivity index (χ0n) is 23.9. The lowest BCUT2D eigenvalue weighted by Crippen LogP contribution is -2.53. The minimum Gasteiger partial charge on any atom is -0.497 e. The minimum atomic E-state index is -4.24. The molecule has 1 atom stereocenters. The second-order valence-electron chi connectivity index (χ2n) is 10.4. The first kappa shape index (κ1) is 32.9. The summed E-state index contributed by atoms with van der Waals surface area (Å²) in [6.07, 6.45) is 4.91. The summed E-state index contributed by atoms with van der Waals surface area (Å²) >= 11 is 19.0. The Bertz CT molecular complexity index is 1510. The topological polar surface area (TPSA) is 96.0 Å². The molecule has 1 unspecified atom stereocenters. The van der Waals surface area contributed by atoms with Crippen LogP contribution in [0.25, 0.3) is 0 Å². The van der Waals surface area contributed by atoms with Crippen molar-refractivity contribution in [2.24, 2.45) is 0 Å². The summed E-state index contributed by atoms with van der Waals surface area (Å²) in [5.41, 5.74) is 0.677. The molecular weight excluding hydrogens is 633 g/mol. The minimum absolute atomic E-state index is 0.0190. The van der Waals surface area contributed by atoms with Crippen LogP contribution < -0.4 is 14.4 Å². The van der Waals surface area contributed by atoms with E-state index in [0.717, 1.165) is 36.4 Å². The van der Waals surface area contributed by atoms with Crippen LogP contribution in [0.4, 0.5) is 5.69 Å². The van der Waals surface area contributed by atoms with Crippen LogP contribution in [0, 0.1) is 0 Å². The molecule has 8 nitrogen and oxygen atoms in total. The summed E-state index contributed by atoms with van der Waals surface area (Å²) in [6.45, 7) is 0.915. The molecule has 3 aromatic carbocycles. The number of carbonyl (C=O) groups is 2. The van der Waals surface area contributed by atoms with Crippen molar-refractivity contribution in [2.45, 2.75) is 62.6 Å². The smallest absolute Gasteiger partial charge is 0.264 e. The van der Waals surface area contributed by atoms with Crippen LogP contribution in [-0.4, -0.2) is 50.9 Å². The number of methoxy groups -OCH3 is 1. The maximum Gasteiger partial charge on any atom is 0.264 e. The van der Waals surface area contributed by atoms with E-state index in [-0.39, 0.29) is 29.1 Å². The van der Waals surface area contributed by atoms with Crippen molar-refractivity contribution in [3.63, 3.8) is 0 Å². The van der Waals surface area contributed by atoms with Crippen molar-refractivity contribution in [3.05, 3.63) is 87.4 Å². The third-order valence-electron chi connectivity index (χ3n) is 7.55. The predicted molar refractivity (Wildman–Crippen MR) is 170 cm³/mol. The van der Waals surface area contributed by atoms with E-state index < -0.39 is 28.5 Å². The first-order valence-corrected chi connectivity index (χ1v) is 16.5.